The summed E-state index contributed by atoms with van der Waals surface area (Å²) in [6, 6.07) is 0. The van der Waals surface area contributed by atoms with Crippen molar-refractivity contribution in [2.75, 3.05) is 0 Å². The number of aliphatic hydroxyl groups excluding tert-OH is 3. The molecule has 0 saturated heterocycles. The summed E-state index contributed by atoms with van der Waals surface area (Å²) in [4.78, 5) is 38.6. The van der Waals surface area contributed by atoms with Crippen LogP contribution in [0, 0.1) is 0 Å². The first-order valence-electron chi connectivity index (χ1n) is 5.21. The molecule has 126 valence electrons. The molecule has 3 unspecified atom stereocenters. The van der Waals surface area contributed by atoms with Gasteiger partial charge in [0.2, 0.25) is 0 Å². The largest absolute Gasteiger partial charge is 1.00 e. The van der Waals surface area contributed by atoms with Crippen molar-refractivity contribution in [3.8, 4) is 0 Å². The van der Waals surface area contributed by atoms with Crippen molar-refractivity contribution in [2.45, 2.75) is 36.6 Å². The van der Waals surface area contributed by atoms with Crippen molar-refractivity contribution < 1.29 is 117 Å². The third-order valence-electron chi connectivity index (χ3n) is 2.69. The van der Waals surface area contributed by atoms with Gasteiger partial charge in [0.25, 0.3) is 15.6 Å². The number of hydrogen-bond acceptors (Lipinski definition) is 10. The predicted molar refractivity (Wildman–Crippen MR) is 62.0 cm³/mol. The smallest absolute Gasteiger partial charge is 0.756 e. The Balaban J connectivity index is 0. The Kier molecular flexibility index (Phi) is 12.9. The minimum atomic E-state index is -5.43. The second kappa shape index (κ2) is 10.7. The molecule has 5 N–H and O–H groups in total. The van der Waals surface area contributed by atoms with Crippen LogP contribution >= 0.6 is 25.1 Å². The van der Waals surface area contributed by atoms with E-state index in [1.165, 1.54) is 0 Å². The van der Waals surface area contributed by atoms with Gasteiger partial charge in [0.1, 0.15) is 36.6 Å². The van der Waals surface area contributed by atoms with Gasteiger partial charge in [-0.15, -0.1) is 0 Å². The van der Waals surface area contributed by atoms with E-state index in [0.717, 1.165) is 0 Å². The van der Waals surface area contributed by atoms with E-state index in [2.05, 4.69) is 13.6 Å². The predicted octanol–water partition coefficient (Wildman–Crippen LogP) is -10.0. The maximum absolute atomic E-state index is 10.7. The van der Waals surface area contributed by atoms with Gasteiger partial charge in [0.15, 0.2) is 0 Å². The van der Waals surface area contributed by atoms with Gasteiger partial charge in [0, 0.05) is 9.47 Å². The van der Waals surface area contributed by atoms with Crippen LogP contribution in [0.15, 0.2) is 0 Å². The molecule has 1 aliphatic carbocycles. The van der Waals surface area contributed by atoms with Gasteiger partial charge in [-0.05, 0) is 0 Å². The number of hydrogen-bond donors (Lipinski definition) is 5. The van der Waals surface area contributed by atoms with Gasteiger partial charge in [-0.3, -0.25) is 9.13 Å². The van der Waals surface area contributed by atoms with Gasteiger partial charge in [-0.25, -0.2) is 0 Å². The van der Waals surface area contributed by atoms with Crippen molar-refractivity contribution in [3.05, 3.63) is 0 Å². The Labute approximate surface area is 177 Å². The van der Waals surface area contributed by atoms with Crippen LogP contribution in [0.2, 0.25) is 0 Å². The van der Waals surface area contributed by atoms with E-state index in [9.17, 15) is 34.2 Å². The zero-order chi connectivity index (χ0) is 16.6. The third kappa shape index (κ3) is 8.36. The van der Waals surface area contributed by atoms with Gasteiger partial charge in [0.05, 0.1) is 0 Å². The molecule has 0 bridgehead atoms. The monoisotopic (exact) mass is 416 g/mol. The molecule has 0 aromatic rings. The molecule has 0 heterocycles. The van der Waals surface area contributed by atoms with Crippen LogP contribution in [0.4, 0.5) is 0 Å². The molecule has 0 aromatic carbocycles. The second-order valence-corrected chi connectivity index (χ2v) is 6.72. The zero-order valence-electron chi connectivity index (χ0n) is 12.0. The Hall–Kier alpha value is 2.49. The number of rotatable bonds is 5. The van der Waals surface area contributed by atoms with Crippen LogP contribution in [0.5, 0.6) is 0 Å². The summed E-state index contributed by atoms with van der Waals surface area (Å²) in [5.41, 5.74) is 0. The summed E-state index contributed by atoms with van der Waals surface area (Å²) in [6.45, 7) is 0. The normalized spacial score (nSPS) is 39.3. The first kappa shape index (κ1) is 27.7. The van der Waals surface area contributed by atoms with Gasteiger partial charge in [-0.2, -0.15) is 0 Å². The van der Waals surface area contributed by atoms with Gasteiger partial charge in [-0.1, -0.05) is 0 Å². The Morgan fingerprint density at radius 3 is 1.48 bits per heavy atom. The van der Waals surface area contributed by atoms with E-state index >= 15 is 0 Å². The summed E-state index contributed by atoms with van der Waals surface area (Å²) < 4.78 is 34.0. The fourth-order valence-electron chi connectivity index (χ4n) is 1.88. The van der Waals surface area contributed by atoms with Crippen LogP contribution < -0.4 is 68.9 Å². The van der Waals surface area contributed by atoms with Gasteiger partial charge >= 0.3 is 59.1 Å². The van der Waals surface area contributed by atoms with Gasteiger partial charge < -0.3 is 48.5 Å². The van der Waals surface area contributed by atoms with Crippen molar-refractivity contribution in [3.63, 3.8) is 0 Å². The van der Waals surface area contributed by atoms with Crippen molar-refractivity contribution in [1.29, 1.82) is 0 Å². The van der Waals surface area contributed by atoms with E-state index in [1.54, 1.807) is 9.47 Å². The molecule has 0 amide bonds. The van der Waals surface area contributed by atoms with E-state index in [4.69, 9.17) is 9.79 Å². The van der Waals surface area contributed by atoms with E-state index in [0.29, 0.717) is 0 Å². The quantitative estimate of drug-likeness (QED) is 0.209. The first-order valence-corrected chi connectivity index (χ1v) is 8.68. The average molecular weight is 416 g/mol. The SMILES string of the molecule is O=P([O-])(O)O[C@@H]1[C@H](O)[C@H](O)[C@@H](OP)[C@H](OP(=O)([O-])O)[C@H]1O.[Na+].[Na+]. The van der Waals surface area contributed by atoms with E-state index in [1.807, 2.05) is 0 Å². The van der Waals surface area contributed by atoms with Crippen LogP contribution in [0.25, 0.3) is 0 Å². The molecule has 0 aliphatic heterocycles. The molecule has 23 heavy (non-hydrogen) atoms. The average Bonchev–Trinajstić information content (AvgIpc) is 2.29. The molecule has 0 radical (unpaired) electrons. The number of phosphoric acid groups is 2. The maximum atomic E-state index is 10.7. The molecule has 1 aliphatic rings. The fourth-order valence-corrected chi connectivity index (χ4v) is 3.30. The maximum Gasteiger partial charge on any atom is 1.00 e. The summed E-state index contributed by atoms with van der Waals surface area (Å²) in [7, 11) is -9.23. The molecule has 17 heteroatoms. The molecule has 1 saturated carbocycles. The molecule has 1 fully saturated rings. The molecule has 0 spiro atoms. The molecular formula is C6H13Na2O12P3. The number of phosphoric ester groups is 2. The summed E-state index contributed by atoms with van der Waals surface area (Å²) in [5.74, 6) is 0. The second-order valence-electron chi connectivity index (χ2n) is 4.15. The van der Waals surface area contributed by atoms with Crippen LogP contribution in [0.3, 0.4) is 0 Å². The molecule has 0 aromatic heterocycles. The van der Waals surface area contributed by atoms with Crippen LogP contribution in [-0.2, 0) is 22.7 Å². The zero-order valence-corrected chi connectivity index (χ0v) is 19.0. The van der Waals surface area contributed by atoms with E-state index < -0.39 is 52.3 Å². The van der Waals surface area contributed by atoms with E-state index in [-0.39, 0.29) is 59.1 Å². The molecule has 12 nitrogen and oxygen atoms in total. The minimum Gasteiger partial charge on any atom is -0.756 e. The van der Waals surface area contributed by atoms with Crippen LogP contribution in [-0.4, -0.2) is 61.7 Å². The molecular weight excluding hydrogens is 403 g/mol. The molecule has 9 atom stereocenters. The number of aliphatic hydroxyl groups is 3. The summed E-state index contributed by atoms with van der Waals surface area (Å²) >= 11 is 0. The topological polar surface area (TPSA) is 209 Å². The van der Waals surface area contributed by atoms with Crippen molar-refractivity contribution >= 4 is 25.1 Å². The summed E-state index contributed by atoms with van der Waals surface area (Å²) in [6.07, 6.45) is -12.0. The van der Waals surface area contributed by atoms with Crippen LogP contribution in [0.1, 0.15) is 0 Å². The fraction of sp³-hybridized carbons (Fsp3) is 1.00. The first-order chi connectivity index (χ1) is 9.37. The Bertz CT molecular complexity index is 454. The van der Waals surface area contributed by atoms with Crippen molar-refractivity contribution in [2.24, 2.45) is 0 Å². The Morgan fingerprint density at radius 2 is 1.13 bits per heavy atom. The van der Waals surface area contributed by atoms with Crippen molar-refractivity contribution in [1.82, 2.24) is 0 Å². The summed E-state index contributed by atoms with van der Waals surface area (Å²) in [5, 5.41) is 29.1. The third-order valence-corrected chi connectivity index (χ3v) is 4.02. The Morgan fingerprint density at radius 1 is 0.783 bits per heavy atom. The molecule has 1 rings (SSSR count). The minimum absolute atomic E-state index is 0. The standard InChI is InChI=1S/C6H15O12P3.2Na/c7-1-2(8)5(16-19)6(18-21(13,14)15)3(9)4(1)17-20(10,11)12;;/h1-9H,19H2,(H2,10,11,12)(H2,13,14,15);;/q;2*+1/p-2/t1-,2+,3+,4-,5-,6-;;/m1../s1.